The Hall–Kier alpha value is -3.00. The number of hydrogen-bond acceptors (Lipinski definition) is 2. The van der Waals surface area contributed by atoms with Crippen LogP contribution < -0.4 is 9.47 Å². The molecule has 0 saturated heterocycles. The highest BCUT2D eigenvalue weighted by atomic mass is 16.5. The normalized spacial score (nSPS) is 11.5. The molecule has 0 N–H and O–H groups in total. The highest BCUT2D eigenvalue weighted by Crippen LogP contribution is 2.28. The van der Waals surface area contributed by atoms with Crippen molar-refractivity contribution in [3.63, 3.8) is 0 Å². The van der Waals surface area contributed by atoms with Crippen LogP contribution in [-0.4, -0.2) is 13.2 Å². The van der Waals surface area contributed by atoms with Crippen molar-refractivity contribution in [1.82, 2.24) is 0 Å². The Morgan fingerprint density at radius 3 is 1.85 bits per heavy atom. The Bertz CT molecular complexity index is 905. The second-order valence-electron chi connectivity index (χ2n) is 6.01. The van der Waals surface area contributed by atoms with Crippen LogP contribution >= 0.6 is 0 Å². The van der Waals surface area contributed by atoms with E-state index in [-0.39, 0.29) is 0 Å². The number of fused-ring (bicyclic) bond motifs is 1. The second kappa shape index (κ2) is 8.91. The Balaban J connectivity index is 1.77. The van der Waals surface area contributed by atoms with Crippen LogP contribution in [0.25, 0.3) is 21.9 Å². The van der Waals surface area contributed by atoms with Crippen molar-refractivity contribution >= 4 is 10.8 Å². The molecule has 0 radical (unpaired) electrons. The summed E-state index contributed by atoms with van der Waals surface area (Å²) < 4.78 is 11.4. The Kier molecular flexibility index (Phi) is 6.10. The van der Waals surface area contributed by atoms with Gasteiger partial charge in [-0.3, -0.25) is 0 Å². The quantitative estimate of drug-likeness (QED) is 0.461. The first-order valence-corrected chi connectivity index (χ1v) is 8.92. The standard InChI is InChI=1S/C24H24O2/c1-3-5-15-25-23-12-9-19(10-13-23)20-7-8-22-18-24(26-16-6-4-2)14-11-21(22)17-20/h3-14,17-18H,15-16H2,1-2H3. The molecular weight excluding hydrogens is 320 g/mol. The van der Waals surface area contributed by atoms with Crippen molar-refractivity contribution in [3.05, 3.63) is 85.0 Å². The summed E-state index contributed by atoms with van der Waals surface area (Å²) in [6, 6.07) is 20.9. The molecule has 3 rings (SSSR count). The fourth-order valence-corrected chi connectivity index (χ4v) is 2.72. The fraction of sp³-hybridized carbons (Fsp3) is 0.167. The molecule has 0 amide bonds. The molecule has 3 aromatic carbocycles. The van der Waals surface area contributed by atoms with Gasteiger partial charge in [-0.05, 0) is 66.1 Å². The van der Waals surface area contributed by atoms with Gasteiger partial charge in [-0.15, -0.1) is 0 Å². The summed E-state index contributed by atoms with van der Waals surface area (Å²) >= 11 is 0. The lowest BCUT2D eigenvalue weighted by Gasteiger charge is -2.08. The van der Waals surface area contributed by atoms with Crippen molar-refractivity contribution in [3.8, 4) is 22.6 Å². The number of allylic oxidation sites excluding steroid dienone is 2. The van der Waals surface area contributed by atoms with E-state index in [1.54, 1.807) is 0 Å². The third kappa shape index (κ3) is 4.54. The summed E-state index contributed by atoms with van der Waals surface area (Å²) in [7, 11) is 0. The monoisotopic (exact) mass is 344 g/mol. The highest BCUT2D eigenvalue weighted by Gasteiger charge is 2.02. The topological polar surface area (TPSA) is 18.5 Å². The van der Waals surface area contributed by atoms with Crippen LogP contribution in [0.3, 0.4) is 0 Å². The molecular formula is C24H24O2. The SMILES string of the molecule is CC=CCOc1ccc(-c2ccc3cc(OCC=CC)ccc3c2)cc1. The van der Waals surface area contributed by atoms with E-state index in [0.717, 1.165) is 11.5 Å². The molecule has 0 atom stereocenters. The van der Waals surface area contributed by atoms with E-state index in [9.17, 15) is 0 Å². The second-order valence-corrected chi connectivity index (χ2v) is 6.01. The van der Waals surface area contributed by atoms with Gasteiger partial charge in [0.15, 0.2) is 0 Å². The minimum Gasteiger partial charge on any atom is -0.490 e. The van der Waals surface area contributed by atoms with Crippen molar-refractivity contribution in [2.24, 2.45) is 0 Å². The molecule has 132 valence electrons. The van der Waals surface area contributed by atoms with Crippen LogP contribution in [0, 0.1) is 0 Å². The zero-order valence-corrected chi connectivity index (χ0v) is 15.3. The van der Waals surface area contributed by atoms with E-state index in [2.05, 4.69) is 42.5 Å². The zero-order valence-electron chi connectivity index (χ0n) is 15.3. The van der Waals surface area contributed by atoms with Crippen molar-refractivity contribution in [2.45, 2.75) is 13.8 Å². The van der Waals surface area contributed by atoms with Gasteiger partial charge in [-0.1, -0.05) is 54.6 Å². The molecule has 0 unspecified atom stereocenters. The van der Waals surface area contributed by atoms with Crippen LogP contribution in [0.5, 0.6) is 11.5 Å². The largest absolute Gasteiger partial charge is 0.490 e. The molecule has 0 aromatic heterocycles. The summed E-state index contributed by atoms with van der Waals surface area (Å²) in [5.41, 5.74) is 2.37. The van der Waals surface area contributed by atoms with Gasteiger partial charge in [0, 0.05) is 0 Å². The maximum absolute atomic E-state index is 5.72. The smallest absolute Gasteiger partial charge is 0.120 e. The molecule has 0 aliphatic heterocycles. The molecule has 0 heterocycles. The summed E-state index contributed by atoms with van der Waals surface area (Å²) in [4.78, 5) is 0. The van der Waals surface area contributed by atoms with Gasteiger partial charge >= 0.3 is 0 Å². The lowest BCUT2D eigenvalue weighted by Crippen LogP contribution is -1.93. The average Bonchev–Trinajstić information content (AvgIpc) is 2.68. The Morgan fingerprint density at radius 2 is 1.15 bits per heavy atom. The number of hydrogen-bond donors (Lipinski definition) is 0. The van der Waals surface area contributed by atoms with Gasteiger partial charge in [0.2, 0.25) is 0 Å². The third-order valence-electron chi connectivity index (χ3n) is 4.16. The van der Waals surface area contributed by atoms with E-state index < -0.39 is 0 Å². The molecule has 3 aromatic rings. The number of benzene rings is 3. The molecule has 0 aliphatic rings. The average molecular weight is 344 g/mol. The van der Waals surface area contributed by atoms with Crippen LogP contribution in [0.4, 0.5) is 0 Å². The molecule has 2 heteroatoms. The van der Waals surface area contributed by atoms with Gasteiger partial charge in [0.1, 0.15) is 24.7 Å². The summed E-state index contributed by atoms with van der Waals surface area (Å²) in [5, 5.41) is 2.38. The van der Waals surface area contributed by atoms with Crippen LogP contribution in [0.1, 0.15) is 13.8 Å². The predicted octanol–water partition coefficient (Wildman–Crippen LogP) is 6.42. The van der Waals surface area contributed by atoms with Gasteiger partial charge in [0.05, 0.1) is 0 Å². The summed E-state index contributed by atoms with van der Waals surface area (Å²) in [6.07, 6.45) is 7.97. The number of rotatable bonds is 7. The molecule has 2 nitrogen and oxygen atoms in total. The Labute approximate surface area is 155 Å². The highest BCUT2D eigenvalue weighted by molar-refractivity contribution is 5.88. The molecule has 0 saturated carbocycles. The lowest BCUT2D eigenvalue weighted by molar-refractivity contribution is 0.363. The first-order valence-electron chi connectivity index (χ1n) is 8.92. The van der Waals surface area contributed by atoms with E-state index in [4.69, 9.17) is 9.47 Å². The molecule has 26 heavy (non-hydrogen) atoms. The maximum Gasteiger partial charge on any atom is 0.120 e. The first-order chi connectivity index (χ1) is 12.8. The maximum atomic E-state index is 5.72. The summed E-state index contributed by atoms with van der Waals surface area (Å²) in [6.45, 7) is 5.18. The van der Waals surface area contributed by atoms with Gasteiger partial charge in [-0.25, -0.2) is 0 Å². The predicted molar refractivity (Wildman–Crippen MR) is 110 cm³/mol. The van der Waals surface area contributed by atoms with E-state index in [1.807, 2.05) is 56.4 Å². The summed E-state index contributed by atoms with van der Waals surface area (Å²) in [5.74, 6) is 1.78. The first kappa shape index (κ1) is 17.8. The van der Waals surface area contributed by atoms with Crippen LogP contribution in [-0.2, 0) is 0 Å². The van der Waals surface area contributed by atoms with E-state index >= 15 is 0 Å². The zero-order chi connectivity index (χ0) is 18.2. The van der Waals surface area contributed by atoms with Gasteiger partial charge < -0.3 is 9.47 Å². The van der Waals surface area contributed by atoms with Crippen LogP contribution in [0.2, 0.25) is 0 Å². The van der Waals surface area contributed by atoms with E-state index in [0.29, 0.717) is 13.2 Å². The Morgan fingerprint density at radius 1 is 0.615 bits per heavy atom. The van der Waals surface area contributed by atoms with Gasteiger partial charge in [0.25, 0.3) is 0 Å². The van der Waals surface area contributed by atoms with Crippen LogP contribution in [0.15, 0.2) is 85.0 Å². The molecule has 0 spiro atoms. The minimum absolute atomic E-state index is 0.600. The number of ether oxygens (including phenoxy) is 2. The fourth-order valence-electron chi connectivity index (χ4n) is 2.72. The van der Waals surface area contributed by atoms with Crippen molar-refractivity contribution in [1.29, 1.82) is 0 Å². The molecule has 0 fully saturated rings. The molecule has 0 bridgehead atoms. The van der Waals surface area contributed by atoms with Gasteiger partial charge in [-0.2, -0.15) is 0 Å². The lowest BCUT2D eigenvalue weighted by atomic mass is 10.0. The van der Waals surface area contributed by atoms with E-state index in [1.165, 1.54) is 21.9 Å². The minimum atomic E-state index is 0.600. The third-order valence-corrected chi connectivity index (χ3v) is 4.16. The van der Waals surface area contributed by atoms with Crippen molar-refractivity contribution in [2.75, 3.05) is 13.2 Å². The van der Waals surface area contributed by atoms with Crippen molar-refractivity contribution < 1.29 is 9.47 Å². The molecule has 0 aliphatic carbocycles.